The molecule has 1 atom stereocenters. The predicted molar refractivity (Wildman–Crippen MR) is 90.0 cm³/mol. The Morgan fingerprint density at radius 1 is 1.30 bits per heavy atom. The van der Waals surface area contributed by atoms with Crippen LogP contribution in [-0.2, 0) is 14.3 Å². The van der Waals surface area contributed by atoms with Crippen molar-refractivity contribution in [3.8, 4) is 0 Å². The molecule has 23 heavy (non-hydrogen) atoms. The van der Waals surface area contributed by atoms with Crippen LogP contribution in [0.2, 0.25) is 0 Å². The zero-order valence-corrected chi connectivity index (χ0v) is 14.8. The Hall–Kier alpha value is -1.10. The molecule has 1 N–H and O–H groups in total. The quantitative estimate of drug-likeness (QED) is 0.844. The van der Waals surface area contributed by atoms with Crippen molar-refractivity contribution >= 4 is 11.8 Å². The summed E-state index contributed by atoms with van der Waals surface area (Å²) in [6, 6.07) is -0.347. The highest BCUT2D eigenvalue weighted by atomic mass is 16.5. The van der Waals surface area contributed by atoms with Crippen molar-refractivity contribution in [3.63, 3.8) is 0 Å². The molecule has 5 nitrogen and oxygen atoms in total. The smallest absolute Gasteiger partial charge is 0.249 e. The SMILES string of the molecule is CC(C)CC1C(=O)NCCCN1C(=O)COC1CCC(C)CC1. The van der Waals surface area contributed by atoms with E-state index in [2.05, 4.69) is 26.1 Å². The fourth-order valence-corrected chi connectivity index (χ4v) is 3.52. The van der Waals surface area contributed by atoms with Crippen LogP contribution in [-0.4, -0.2) is 48.6 Å². The molecule has 2 aliphatic rings. The molecule has 1 heterocycles. The van der Waals surface area contributed by atoms with Crippen LogP contribution >= 0.6 is 0 Å². The van der Waals surface area contributed by atoms with Crippen molar-refractivity contribution in [2.75, 3.05) is 19.7 Å². The maximum atomic E-state index is 12.6. The highest BCUT2D eigenvalue weighted by Crippen LogP contribution is 2.25. The number of amides is 2. The Bertz CT molecular complexity index is 403. The number of nitrogens with one attached hydrogen (secondary N) is 1. The van der Waals surface area contributed by atoms with Crippen molar-refractivity contribution in [1.29, 1.82) is 0 Å². The lowest BCUT2D eigenvalue weighted by Gasteiger charge is -2.31. The molecule has 0 radical (unpaired) electrons. The molecular formula is C18H32N2O3. The zero-order chi connectivity index (χ0) is 16.8. The number of carbonyl (C=O) groups is 2. The molecule has 1 saturated carbocycles. The van der Waals surface area contributed by atoms with E-state index in [1.807, 2.05) is 0 Å². The van der Waals surface area contributed by atoms with E-state index in [-0.39, 0.29) is 30.6 Å². The van der Waals surface area contributed by atoms with Crippen LogP contribution in [0.4, 0.5) is 0 Å². The monoisotopic (exact) mass is 324 g/mol. The molecule has 2 amide bonds. The minimum atomic E-state index is -0.347. The van der Waals surface area contributed by atoms with E-state index in [4.69, 9.17) is 4.74 Å². The van der Waals surface area contributed by atoms with Crippen molar-refractivity contribution in [3.05, 3.63) is 0 Å². The summed E-state index contributed by atoms with van der Waals surface area (Å²) in [4.78, 5) is 26.6. The minimum Gasteiger partial charge on any atom is -0.368 e. The van der Waals surface area contributed by atoms with Crippen LogP contribution in [0, 0.1) is 11.8 Å². The lowest BCUT2D eigenvalue weighted by molar-refractivity contribution is -0.145. The van der Waals surface area contributed by atoms with Gasteiger partial charge in [-0.25, -0.2) is 0 Å². The molecule has 1 aliphatic heterocycles. The summed E-state index contributed by atoms with van der Waals surface area (Å²) in [6.07, 6.45) is 6.18. The largest absolute Gasteiger partial charge is 0.368 e. The van der Waals surface area contributed by atoms with E-state index in [9.17, 15) is 9.59 Å². The maximum absolute atomic E-state index is 12.6. The Kier molecular flexibility index (Phi) is 6.88. The lowest BCUT2D eigenvalue weighted by Crippen LogP contribution is -2.49. The number of rotatable bonds is 5. The third-order valence-electron chi connectivity index (χ3n) is 4.97. The molecule has 2 fully saturated rings. The second kappa shape index (κ2) is 8.67. The Balaban J connectivity index is 1.90. The maximum Gasteiger partial charge on any atom is 0.249 e. The summed E-state index contributed by atoms with van der Waals surface area (Å²) in [5.74, 6) is 1.09. The molecule has 1 aliphatic carbocycles. The number of ether oxygens (including phenoxy) is 1. The molecule has 0 aromatic rings. The molecule has 5 heteroatoms. The van der Waals surface area contributed by atoms with E-state index in [0.29, 0.717) is 25.4 Å². The Labute approximate surface area is 140 Å². The Morgan fingerprint density at radius 2 is 2.00 bits per heavy atom. The van der Waals surface area contributed by atoms with Crippen molar-refractivity contribution < 1.29 is 14.3 Å². The molecular weight excluding hydrogens is 292 g/mol. The van der Waals surface area contributed by atoms with Crippen LogP contribution < -0.4 is 5.32 Å². The van der Waals surface area contributed by atoms with Gasteiger partial charge in [-0.2, -0.15) is 0 Å². The normalized spacial score (nSPS) is 29.3. The van der Waals surface area contributed by atoms with Crippen LogP contribution in [0.15, 0.2) is 0 Å². The van der Waals surface area contributed by atoms with Crippen molar-refractivity contribution in [2.24, 2.45) is 11.8 Å². The molecule has 1 saturated heterocycles. The average Bonchev–Trinajstić information content (AvgIpc) is 2.68. The topological polar surface area (TPSA) is 58.6 Å². The predicted octanol–water partition coefficient (Wildman–Crippen LogP) is 2.34. The van der Waals surface area contributed by atoms with Gasteiger partial charge < -0.3 is 15.0 Å². The summed E-state index contributed by atoms with van der Waals surface area (Å²) in [5, 5.41) is 2.92. The minimum absolute atomic E-state index is 0.0176. The van der Waals surface area contributed by atoms with Gasteiger partial charge in [-0.15, -0.1) is 0 Å². The molecule has 132 valence electrons. The summed E-state index contributed by atoms with van der Waals surface area (Å²) in [6.45, 7) is 7.84. The summed E-state index contributed by atoms with van der Waals surface area (Å²) in [5.41, 5.74) is 0. The first-order chi connectivity index (χ1) is 11.0. The number of carbonyl (C=O) groups excluding carboxylic acids is 2. The van der Waals surface area contributed by atoms with Gasteiger partial charge in [0.1, 0.15) is 12.6 Å². The highest BCUT2D eigenvalue weighted by Gasteiger charge is 2.32. The molecule has 0 bridgehead atoms. The van der Waals surface area contributed by atoms with E-state index >= 15 is 0 Å². The van der Waals surface area contributed by atoms with Crippen LogP contribution in [0.1, 0.15) is 59.3 Å². The van der Waals surface area contributed by atoms with Gasteiger partial charge in [-0.3, -0.25) is 9.59 Å². The summed E-state index contributed by atoms with van der Waals surface area (Å²) < 4.78 is 5.85. The van der Waals surface area contributed by atoms with Gasteiger partial charge >= 0.3 is 0 Å². The van der Waals surface area contributed by atoms with Gasteiger partial charge in [0.05, 0.1) is 6.10 Å². The highest BCUT2D eigenvalue weighted by molar-refractivity contribution is 5.88. The van der Waals surface area contributed by atoms with E-state index in [0.717, 1.165) is 25.2 Å². The van der Waals surface area contributed by atoms with Crippen molar-refractivity contribution in [2.45, 2.75) is 71.4 Å². The fourth-order valence-electron chi connectivity index (χ4n) is 3.52. The van der Waals surface area contributed by atoms with E-state index in [1.165, 1.54) is 12.8 Å². The van der Waals surface area contributed by atoms with E-state index < -0.39 is 0 Å². The fraction of sp³-hybridized carbons (Fsp3) is 0.889. The number of hydrogen-bond acceptors (Lipinski definition) is 3. The third-order valence-corrected chi connectivity index (χ3v) is 4.97. The molecule has 0 spiro atoms. The number of hydrogen-bond donors (Lipinski definition) is 1. The number of nitrogens with zero attached hydrogens (tertiary/aromatic N) is 1. The Morgan fingerprint density at radius 3 is 2.65 bits per heavy atom. The van der Waals surface area contributed by atoms with Gasteiger partial charge in [-0.1, -0.05) is 20.8 Å². The van der Waals surface area contributed by atoms with E-state index in [1.54, 1.807) is 4.90 Å². The summed E-state index contributed by atoms with van der Waals surface area (Å²) in [7, 11) is 0. The zero-order valence-electron chi connectivity index (χ0n) is 14.8. The second-order valence-electron chi connectivity index (χ2n) is 7.57. The van der Waals surface area contributed by atoms with Crippen LogP contribution in [0.5, 0.6) is 0 Å². The van der Waals surface area contributed by atoms with Gasteiger partial charge in [-0.05, 0) is 50.4 Å². The van der Waals surface area contributed by atoms with Gasteiger partial charge in [0.25, 0.3) is 0 Å². The van der Waals surface area contributed by atoms with Gasteiger partial charge in [0, 0.05) is 13.1 Å². The van der Waals surface area contributed by atoms with Crippen molar-refractivity contribution in [1.82, 2.24) is 10.2 Å². The van der Waals surface area contributed by atoms with Crippen LogP contribution in [0.3, 0.4) is 0 Å². The summed E-state index contributed by atoms with van der Waals surface area (Å²) >= 11 is 0. The average molecular weight is 324 g/mol. The van der Waals surface area contributed by atoms with Crippen LogP contribution in [0.25, 0.3) is 0 Å². The molecule has 1 unspecified atom stereocenters. The van der Waals surface area contributed by atoms with Gasteiger partial charge in [0.2, 0.25) is 11.8 Å². The molecule has 0 aromatic heterocycles. The van der Waals surface area contributed by atoms with Gasteiger partial charge in [0.15, 0.2) is 0 Å². The second-order valence-corrected chi connectivity index (χ2v) is 7.57. The molecule has 0 aromatic carbocycles. The first-order valence-corrected chi connectivity index (χ1v) is 9.16. The first kappa shape index (κ1) is 18.2. The first-order valence-electron chi connectivity index (χ1n) is 9.16. The third kappa shape index (κ3) is 5.48. The lowest BCUT2D eigenvalue weighted by atomic mass is 9.89. The standard InChI is InChI=1S/C18H32N2O3/c1-13(2)11-16-18(22)19-9-4-10-20(16)17(21)12-23-15-7-5-14(3)6-8-15/h13-16H,4-12H2,1-3H3,(H,19,22). The molecule has 2 rings (SSSR count).